The highest BCUT2D eigenvalue weighted by Crippen LogP contribution is 2.11. The van der Waals surface area contributed by atoms with E-state index < -0.39 is 8.80 Å². The lowest BCUT2D eigenvalue weighted by molar-refractivity contribution is 0.0243. The Labute approximate surface area is 136 Å². The zero-order chi connectivity index (χ0) is 16.2. The van der Waals surface area contributed by atoms with Crippen LogP contribution in [0, 0.1) is 0 Å². The van der Waals surface area contributed by atoms with Crippen molar-refractivity contribution in [3.05, 3.63) is 66.7 Å². The molecule has 0 amide bonds. The molecule has 2 aromatic rings. The van der Waals surface area contributed by atoms with E-state index in [1.165, 1.54) is 15.9 Å². The van der Waals surface area contributed by atoms with E-state index in [2.05, 4.69) is 88.9 Å². The summed E-state index contributed by atoms with van der Waals surface area (Å²) in [5.74, 6) is 0. The van der Waals surface area contributed by atoms with Crippen LogP contribution in [0.15, 0.2) is 61.2 Å². The van der Waals surface area contributed by atoms with E-state index in [4.69, 9.17) is 4.74 Å². The predicted molar refractivity (Wildman–Crippen MR) is 99.7 cm³/mol. The van der Waals surface area contributed by atoms with Gasteiger partial charge >= 0.3 is 0 Å². The molecule has 0 heterocycles. The Morgan fingerprint density at radius 1 is 1.00 bits per heavy atom. The van der Waals surface area contributed by atoms with Crippen LogP contribution in [0.25, 0.3) is 5.57 Å². The molecule has 0 bridgehead atoms. The SMILES string of the molecule is C=C(C)c1cccc([SiH](COC(C)(C)C)c2ccccc2)c1. The largest absolute Gasteiger partial charge is 0.379 e. The van der Waals surface area contributed by atoms with Crippen LogP contribution < -0.4 is 10.4 Å². The molecule has 0 spiro atoms. The third-order valence-electron chi connectivity index (χ3n) is 3.67. The quantitative estimate of drug-likeness (QED) is 0.769. The average Bonchev–Trinajstić information content (AvgIpc) is 2.48. The van der Waals surface area contributed by atoms with Gasteiger partial charge in [0.1, 0.15) is 8.80 Å². The molecule has 2 heteroatoms. The van der Waals surface area contributed by atoms with Gasteiger partial charge in [-0.3, -0.25) is 0 Å². The van der Waals surface area contributed by atoms with Crippen molar-refractivity contribution in [2.75, 3.05) is 6.23 Å². The summed E-state index contributed by atoms with van der Waals surface area (Å²) in [5, 5.41) is 2.83. The maximum atomic E-state index is 6.14. The number of rotatable bonds is 5. The van der Waals surface area contributed by atoms with Gasteiger partial charge in [0.2, 0.25) is 0 Å². The Hall–Kier alpha value is -1.64. The summed E-state index contributed by atoms with van der Waals surface area (Å²) >= 11 is 0. The normalized spacial score (nSPS) is 12.9. The standard InChI is InChI=1S/C20H26OSi/c1-16(2)17-10-9-13-19(14-17)22(15-21-20(3,4)5)18-11-7-6-8-12-18/h6-14,22H,1,15H2,2-5H3. The Morgan fingerprint density at radius 3 is 2.23 bits per heavy atom. The van der Waals surface area contributed by atoms with Crippen molar-refractivity contribution in [1.29, 1.82) is 0 Å². The molecule has 0 radical (unpaired) electrons. The van der Waals surface area contributed by atoms with Crippen LogP contribution >= 0.6 is 0 Å². The van der Waals surface area contributed by atoms with E-state index in [0.29, 0.717) is 0 Å². The van der Waals surface area contributed by atoms with Crippen molar-refractivity contribution in [2.24, 2.45) is 0 Å². The second-order valence-corrected chi connectivity index (χ2v) is 9.56. The smallest absolute Gasteiger partial charge is 0.130 e. The van der Waals surface area contributed by atoms with Crippen LogP contribution in [-0.2, 0) is 4.74 Å². The summed E-state index contributed by atoms with van der Waals surface area (Å²) in [5.41, 5.74) is 2.23. The molecule has 1 atom stereocenters. The molecule has 1 nitrogen and oxygen atoms in total. The summed E-state index contributed by atoms with van der Waals surface area (Å²) in [4.78, 5) is 0. The number of hydrogen-bond acceptors (Lipinski definition) is 1. The highest BCUT2D eigenvalue weighted by Gasteiger charge is 2.20. The first-order chi connectivity index (χ1) is 10.4. The zero-order valence-corrected chi connectivity index (χ0v) is 15.3. The molecule has 0 aromatic heterocycles. The highest BCUT2D eigenvalue weighted by atomic mass is 28.3. The average molecular weight is 311 g/mol. The van der Waals surface area contributed by atoms with Crippen molar-refractivity contribution in [1.82, 2.24) is 0 Å². The number of hydrogen-bond donors (Lipinski definition) is 0. The van der Waals surface area contributed by atoms with E-state index in [1.807, 2.05) is 0 Å². The first-order valence-corrected chi connectivity index (χ1v) is 9.79. The minimum absolute atomic E-state index is 0.105. The summed E-state index contributed by atoms with van der Waals surface area (Å²) < 4.78 is 6.14. The van der Waals surface area contributed by atoms with Gasteiger partial charge in [-0.1, -0.05) is 77.1 Å². The Kier molecular flexibility index (Phi) is 5.38. The van der Waals surface area contributed by atoms with E-state index >= 15 is 0 Å². The topological polar surface area (TPSA) is 9.23 Å². The van der Waals surface area contributed by atoms with Gasteiger partial charge in [-0.05, 0) is 33.3 Å². The fourth-order valence-corrected chi connectivity index (χ4v) is 5.27. The highest BCUT2D eigenvalue weighted by molar-refractivity contribution is 6.85. The fraction of sp³-hybridized carbons (Fsp3) is 0.300. The predicted octanol–water partition coefficient (Wildman–Crippen LogP) is 3.42. The van der Waals surface area contributed by atoms with Crippen LogP contribution in [0.1, 0.15) is 33.3 Å². The van der Waals surface area contributed by atoms with Crippen LogP contribution in [0.4, 0.5) is 0 Å². The van der Waals surface area contributed by atoms with Crippen molar-refractivity contribution >= 4 is 24.7 Å². The molecule has 0 saturated heterocycles. The molecule has 0 fully saturated rings. The molecule has 0 aliphatic carbocycles. The van der Waals surface area contributed by atoms with Crippen LogP contribution in [-0.4, -0.2) is 20.6 Å². The lowest BCUT2D eigenvalue weighted by Crippen LogP contribution is -2.48. The van der Waals surface area contributed by atoms with Crippen molar-refractivity contribution in [3.8, 4) is 0 Å². The molecule has 2 aromatic carbocycles. The first kappa shape index (κ1) is 16.7. The monoisotopic (exact) mass is 310 g/mol. The third kappa shape index (κ3) is 4.69. The summed E-state index contributed by atoms with van der Waals surface area (Å²) in [6, 6.07) is 19.6. The van der Waals surface area contributed by atoms with Crippen molar-refractivity contribution in [3.63, 3.8) is 0 Å². The van der Waals surface area contributed by atoms with Gasteiger partial charge in [-0.15, -0.1) is 0 Å². The second-order valence-electron chi connectivity index (χ2n) is 6.79. The van der Waals surface area contributed by atoms with E-state index in [0.717, 1.165) is 11.8 Å². The Balaban J connectivity index is 2.35. The minimum Gasteiger partial charge on any atom is -0.379 e. The summed E-state index contributed by atoms with van der Waals surface area (Å²) in [6.45, 7) is 12.5. The Morgan fingerprint density at radius 2 is 1.64 bits per heavy atom. The lowest BCUT2D eigenvalue weighted by atomic mass is 10.1. The second kappa shape index (κ2) is 7.08. The van der Waals surface area contributed by atoms with E-state index in [-0.39, 0.29) is 5.60 Å². The van der Waals surface area contributed by atoms with Gasteiger partial charge in [-0.25, -0.2) is 0 Å². The molecule has 0 N–H and O–H groups in total. The van der Waals surface area contributed by atoms with Crippen molar-refractivity contribution in [2.45, 2.75) is 33.3 Å². The first-order valence-electron chi connectivity index (χ1n) is 7.81. The fourth-order valence-electron chi connectivity index (χ4n) is 2.42. The maximum Gasteiger partial charge on any atom is 0.130 e. The van der Waals surface area contributed by atoms with Crippen LogP contribution in [0.2, 0.25) is 0 Å². The van der Waals surface area contributed by atoms with Gasteiger partial charge < -0.3 is 4.74 Å². The number of allylic oxidation sites excluding steroid dienone is 1. The van der Waals surface area contributed by atoms with E-state index in [1.54, 1.807) is 0 Å². The number of benzene rings is 2. The molecule has 116 valence electrons. The summed E-state index contributed by atoms with van der Waals surface area (Å²) in [7, 11) is -1.38. The van der Waals surface area contributed by atoms with Crippen molar-refractivity contribution < 1.29 is 4.74 Å². The Bertz CT molecular complexity index is 626. The molecule has 2 rings (SSSR count). The third-order valence-corrected chi connectivity index (χ3v) is 6.52. The summed E-state index contributed by atoms with van der Waals surface area (Å²) in [6.07, 6.45) is 0.813. The van der Waals surface area contributed by atoms with E-state index in [9.17, 15) is 0 Å². The molecule has 1 unspecified atom stereocenters. The molecule has 0 aliphatic heterocycles. The molecule has 0 aliphatic rings. The van der Waals surface area contributed by atoms with Gasteiger partial charge in [0.25, 0.3) is 0 Å². The van der Waals surface area contributed by atoms with Gasteiger partial charge in [0.05, 0.1) is 5.60 Å². The molecular weight excluding hydrogens is 284 g/mol. The maximum absolute atomic E-state index is 6.14. The molecule has 0 saturated carbocycles. The van der Waals surface area contributed by atoms with Gasteiger partial charge in [0, 0.05) is 6.23 Å². The molecular formula is C20H26OSi. The van der Waals surface area contributed by atoms with Crippen LogP contribution in [0.5, 0.6) is 0 Å². The molecule has 22 heavy (non-hydrogen) atoms. The zero-order valence-electron chi connectivity index (χ0n) is 14.1. The van der Waals surface area contributed by atoms with Gasteiger partial charge in [-0.2, -0.15) is 0 Å². The van der Waals surface area contributed by atoms with Crippen LogP contribution in [0.3, 0.4) is 0 Å². The lowest BCUT2D eigenvalue weighted by Gasteiger charge is -2.24. The van der Waals surface area contributed by atoms with Gasteiger partial charge in [0.15, 0.2) is 0 Å². The minimum atomic E-state index is -1.38. The number of ether oxygens (including phenoxy) is 1.